The van der Waals surface area contributed by atoms with Gasteiger partial charge in [0.25, 0.3) is 0 Å². The Kier molecular flexibility index (Phi) is 3.32. The van der Waals surface area contributed by atoms with Crippen molar-refractivity contribution >= 4 is 17.2 Å². The Bertz CT molecular complexity index is 571. The Morgan fingerprint density at radius 2 is 2.06 bits per heavy atom. The number of fused-ring (bicyclic) bond motifs is 1. The normalized spacial score (nSPS) is 11.4. The van der Waals surface area contributed by atoms with Gasteiger partial charge in [-0.05, 0) is 12.1 Å². The standard InChI is InChI=1S/C13H18N4O/c1-8(2)11-15-12-10(14-13(18)9(3)4)6-5-7-17(12)16-11/h5-9H,1-4H3,(H,14,18). The van der Waals surface area contributed by atoms with Crippen LogP contribution in [0.3, 0.4) is 0 Å². The van der Waals surface area contributed by atoms with Crippen LogP contribution in [-0.2, 0) is 4.79 Å². The number of amides is 1. The highest BCUT2D eigenvalue weighted by atomic mass is 16.1. The maximum absolute atomic E-state index is 11.7. The van der Waals surface area contributed by atoms with Crippen molar-refractivity contribution in [3.05, 3.63) is 24.2 Å². The molecule has 5 nitrogen and oxygen atoms in total. The lowest BCUT2D eigenvalue weighted by molar-refractivity contribution is -0.118. The van der Waals surface area contributed by atoms with E-state index in [1.807, 2.05) is 46.0 Å². The molecular formula is C13H18N4O. The molecule has 0 atom stereocenters. The van der Waals surface area contributed by atoms with Gasteiger partial charge in [0, 0.05) is 18.0 Å². The highest BCUT2D eigenvalue weighted by Gasteiger charge is 2.13. The lowest BCUT2D eigenvalue weighted by atomic mass is 10.2. The molecule has 0 radical (unpaired) electrons. The Labute approximate surface area is 106 Å². The van der Waals surface area contributed by atoms with Gasteiger partial charge in [-0.25, -0.2) is 9.50 Å². The zero-order valence-electron chi connectivity index (χ0n) is 11.1. The van der Waals surface area contributed by atoms with Crippen molar-refractivity contribution in [1.82, 2.24) is 14.6 Å². The molecule has 5 heteroatoms. The van der Waals surface area contributed by atoms with E-state index in [-0.39, 0.29) is 17.7 Å². The summed E-state index contributed by atoms with van der Waals surface area (Å²) in [5.74, 6) is 0.967. The van der Waals surface area contributed by atoms with Crippen LogP contribution >= 0.6 is 0 Å². The van der Waals surface area contributed by atoms with Crippen molar-refractivity contribution in [3.8, 4) is 0 Å². The maximum atomic E-state index is 11.7. The molecule has 0 fully saturated rings. The Hall–Kier alpha value is -1.91. The number of carbonyl (C=O) groups excluding carboxylic acids is 1. The SMILES string of the molecule is CC(C)C(=O)Nc1cccn2nc(C(C)C)nc12. The van der Waals surface area contributed by atoms with Crippen molar-refractivity contribution in [2.24, 2.45) is 5.92 Å². The number of anilines is 1. The fourth-order valence-corrected chi connectivity index (χ4v) is 1.54. The van der Waals surface area contributed by atoms with E-state index in [0.29, 0.717) is 11.3 Å². The summed E-state index contributed by atoms with van der Waals surface area (Å²) in [7, 11) is 0. The van der Waals surface area contributed by atoms with Crippen molar-refractivity contribution in [2.75, 3.05) is 5.32 Å². The monoisotopic (exact) mass is 246 g/mol. The lowest BCUT2D eigenvalue weighted by Crippen LogP contribution is -2.18. The van der Waals surface area contributed by atoms with Crippen LogP contribution in [0.25, 0.3) is 5.65 Å². The van der Waals surface area contributed by atoms with Crippen molar-refractivity contribution in [1.29, 1.82) is 0 Å². The fraction of sp³-hybridized carbons (Fsp3) is 0.462. The molecule has 96 valence electrons. The van der Waals surface area contributed by atoms with Gasteiger partial charge in [0.1, 0.15) is 0 Å². The lowest BCUT2D eigenvalue weighted by Gasteiger charge is -2.07. The zero-order chi connectivity index (χ0) is 13.3. The first-order chi connectivity index (χ1) is 8.49. The predicted octanol–water partition coefficient (Wildman–Crippen LogP) is 2.45. The van der Waals surface area contributed by atoms with E-state index in [1.165, 1.54) is 0 Å². The number of rotatable bonds is 3. The molecule has 0 saturated heterocycles. The van der Waals surface area contributed by atoms with E-state index in [9.17, 15) is 4.79 Å². The van der Waals surface area contributed by atoms with Crippen LogP contribution in [0.5, 0.6) is 0 Å². The third-order valence-electron chi connectivity index (χ3n) is 2.68. The van der Waals surface area contributed by atoms with E-state index < -0.39 is 0 Å². The van der Waals surface area contributed by atoms with E-state index in [1.54, 1.807) is 4.52 Å². The van der Waals surface area contributed by atoms with E-state index in [0.717, 1.165) is 5.82 Å². The van der Waals surface area contributed by atoms with Crippen molar-refractivity contribution < 1.29 is 4.79 Å². The number of pyridine rings is 1. The summed E-state index contributed by atoms with van der Waals surface area (Å²) in [5.41, 5.74) is 1.39. The predicted molar refractivity (Wildman–Crippen MR) is 70.5 cm³/mol. The van der Waals surface area contributed by atoms with Crippen LogP contribution in [0, 0.1) is 5.92 Å². The number of hydrogen-bond donors (Lipinski definition) is 1. The number of nitrogens with zero attached hydrogens (tertiary/aromatic N) is 3. The average Bonchev–Trinajstić information content (AvgIpc) is 2.73. The van der Waals surface area contributed by atoms with E-state index >= 15 is 0 Å². The third-order valence-corrected chi connectivity index (χ3v) is 2.68. The maximum Gasteiger partial charge on any atom is 0.227 e. The molecule has 0 aliphatic rings. The van der Waals surface area contributed by atoms with Gasteiger partial charge < -0.3 is 5.32 Å². The largest absolute Gasteiger partial charge is 0.323 e. The van der Waals surface area contributed by atoms with Gasteiger partial charge in [-0.2, -0.15) is 5.10 Å². The van der Waals surface area contributed by atoms with Crippen LogP contribution < -0.4 is 5.32 Å². The first-order valence-corrected chi connectivity index (χ1v) is 6.15. The molecule has 0 saturated carbocycles. The number of hydrogen-bond acceptors (Lipinski definition) is 3. The van der Waals surface area contributed by atoms with Crippen molar-refractivity contribution in [3.63, 3.8) is 0 Å². The second kappa shape index (κ2) is 4.76. The molecule has 0 unspecified atom stereocenters. The minimum atomic E-state index is -0.0576. The number of nitrogens with one attached hydrogen (secondary N) is 1. The fourth-order valence-electron chi connectivity index (χ4n) is 1.54. The van der Waals surface area contributed by atoms with E-state index in [2.05, 4.69) is 15.4 Å². The minimum Gasteiger partial charge on any atom is -0.323 e. The van der Waals surface area contributed by atoms with Crippen LogP contribution in [0.4, 0.5) is 5.69 Å². The molecule has 2 aromatic heterocycles. The van der Waals surface area contributed by atoms with Crippen LogP contribution in [-0.4, -0.2) is 20.5 Å². The molecule has 2 heterocycles. The first kappa shape index (κ1) is 12.5. The Balaban J connectivity index is 2.41. The Morgan fingerprint density at radius 3 is 2.67 bits per heavy atom. The smallest absolute Gasteiger partial charge is 0.227 e. The van der Waals surface area contributed by atoms with Gasteiger partial charge in [0.2, 0.25) is 5.91 Å². The van der Waals surface area contributed by atoms with Crippen LogP contribution in [0.2, 0.25) is 0 Å². The summed E-state index contributed by atoms with van der Waals surface area (Å²) >= 11 is 0. The molecule has 0 aliphatic carbocycles. The highest BCUT2D eigenvalue weighted by molar-refractivity contribution is 5.95. The zero-order valence-corrected chi connectivity index (χ0v) is 11.1. The second-order valence-corrected chi connectivity index (χ2v) is 4.96. The van der Waals surface area contributed by atoms with Gasteiger partial charge in [-0.1, -0.05) is 27.7 Å². The summed E-state index contributed by atoms with van der Waals surface area (Å²) in [6.45, 7) is 7.81. The summed E-state index contributed by atoms with van der Waals surface area (Å²) in [4.78, 5) is 16.2. The topological polar surface area (TPSA) is 59.3 Å². The van der Waals surface area contributed by atoms with Gasteiger partial charge >= 0.3 is 0 Å². The molecule has 1 amide bonds. The quantitative estimate of drug-likeness (QED) is 0.905. The molecule has 0 aliphatic heterocycles. The van der Waals surface area contributed by atoms with Gasteiger partial charge in [-0.15, -0.1) is 0 Å². The molecule has 0 aromatic carbocycles. The highest BCUT2D eigenvalue weighted by Crippen LogP contribution is 2.18. The molecular weight excluding hydrogens is 228 g/mol. The Morgan fingerprint density at radius 1 is 1.33 bits per heavy atom. The molecule has 2 aromatic rings. The van der Waals surface area contributed by atoms with Crippen LogP contribution in [0.15, 0.2) is 18.3 Å². The van der Waals surface area contributed by atoms with Gasteiger partial charge in [0.05, 0.1) is 5.69 Å². The van der Waals surface area contributed by atoms with Crippen LogP contribution in [0.1, 0.15) is 39.4 Å². The van der Waals surface area contributed by atoms with Crippen molar-refractivity contribution in [2.45, 2.75) is 33.6 Å². The summed E-state index contributed by atoms with van der Waals surface area (Å²) < 4.78 is 1.70. The first-order valence-electron chi connectivity index (χ1n) is 6.15. The summed E-state index contributed by atoms with van der Waals surface area (Å²) in [5, 5.41) is 7.25. The molecule has 1 N–H and O–H groups in total. The minimum absolute atomic E-state index is 0.0165. The molecule has 0 spiro atoms. The molecule has 2 rings (SSSR count). The number of aromatic nitrogens is 3. The van der Waals surface area contributed by atoms with Gasteiger partial charge in [0.15, 0.2) is 11.5 Å². The second-order valence-electron chi connectivity index (χ2n) is 4.96. The summed E-state index contributed by atoms with van der Waals surface area (Å²) in [6, 6.07) is 3.69. The summed E-state index contributed by atoms with van der Waals surface area (Å²) in [6.07, 6.45) is 1.83. The van der Waals surface area contributed by atoms with Gasteiger partial charge in [-0.3, -0.25) is 4.79 Å². The number of carbonyl (C=O) groups is 1. The molecule has 18 heavy (non-hydrogen) atoms. The molecule has 0 bridgehead atoms. The van der Waals surface area contributed by atoms with E-state index in [4.69, 9.17) is 0 Å². The third kappa shape index (κ3) is 2.34. The average molecular weight is 246 g/mol.